The molecule has 0 amide bonds. The van der Waals surface area contributed by atoms with Crippen LogP contribution in [0.3, 0.4) is 0 Å². The second kappa shape index (κ2) is 9.09. The van der Waals surface area contributed by atoms with Crippen molar-refractivity contribution in [3.63, 3.8) is 0 Å². The summed E-state index contributed by atoms with van der Waals surface area (Å²) < 4.78 is 9.75. The number of carbonyl (C=O) groups excluding carboxylic acids is 2. The van der Waals surface area contributed by atoms with E-state index in [9.17, 15) is 9.59 Å². The van der Waals surface area contributed by atoms with Crippen molar-refractivity contribution in [2.45, 2.75) is 0 Å². The summed E-state index contributed by atoms with van der Waals surface area (Å²) in [7, 11) is 2.51. The third-order valence-corrected chi connectivity index (χ3v) is 4.71. The Morgan fingerprint density at radius 2 is 1.75 bits per heavy atom. The number of methoxy groups -OCH3 is 2. The summed E-state index contributed by atoms with van der Waals surface area (Å²) in [4.78, 5) is 35.0. The first-order valence-corrected chi connectivity index (χ1v) is 9.60. The lowest BCUT2D eigenvalue weighted by Gasteiger charge is -2.23. The predicted molar refractivity (Wildman–Crippen MR) is 117 cm³/mol. The van der Waals surface area contributed by atoms with Crippen LogP contribution in [0, 0.1) is 0 Å². The fourth-order valence-corrected chi connectivity index (χ4v) is 3.16. The monoisotopic (exact) mass is 429 g/mol. The number of carbonyl (C=O) groups is 2. The summed E-state index contributed by atoms with van der Waals surface area (Å²) >= 11 is 0. The van der Waals surface area contributed by atoms with Crippen molar-refractivity contribution in [1.29, 1.82) is 0 Å². The van der Waals surface area contributed by atoms with E-state index in [-0.39, 0.29) is 11.3 Å². The van der Waals surface area contributed by atoms with Crippen LogP contribution in [0.15, 0.2) is 84.5 Å². The molecule has 1 aromatic carbocycles. The topological polar surface area (TPSA) is 110 Å². The van der Waals surface area contributed by atoms with Crippen LogP contribution in [0.5, 0.6) is 0 Å². The van der Waals surface area contributed by atoms with Crippen molar-refractivity contribution in [3.8, 4) is 22.8 Å². The number of anilines is 1. The van der Waals surface area contributed by atoms with Crippen LogP contribution in [0.1, 0.15) is 0 Å². The fraction of sp³-hybridized carbons (Fsp3) is 0.0870. The van der Waals surface area contributed by atoms with Crippen LogP contribution >= 0.6 is 0 Å². The molecule has 0 bridgehead atoms. The Bertz CT molecular complexity index is 1230. The first-order chi connectivity index (χ1) is 15.6. The molecule has 1 aliphatic rings. The minimum Gasteiger partial charge on any atom is -0.465 e. The maximum atomic E-state index is 12.5. The molecule has 2 aromatic heterocycles. The van der Waals surface area contributed by atoms with Gasteiger partial charge in [0, 0.05) is 35.4 Å². The quantitative estimate of drug-likeness (QED) is 0.617. The van der Waals surface area contributed by atoms with Crippen LogP contribution < -0.4 is 4.90 Å². The zero-order valence-corrected chi connectivity index (χ0v) is 17.4. The minimum atomic E-state index is -0.665. The molecule has 9 nitrogen and oxygen atoms in total. The predicted octanol–water partition coefficient (Wildman–Crippen LogP) is 3.02. The van der Waals surface area contributed by atoms with Crippen molar-refractivity contribution in [1.82, 2.24) is 20.2 Å². The average Bonchev–Trinajstić information content (AvgIpc) is 3.24. The number of benzene rings is 1. The lowest BCUT2D eigenvalue weighted by atomic mass is 10.1. The highest BCUT2D eigenvalue weighted by Gasteiger charge is 2.27. The van der Waals surface area contributed by atoms with Gasteiger partial charge in [-0.15, -0.1) is 0 Å². The molecular weight excluding hydrogens is 410 g/mol. The summed E-state index contributed by atoms with van der Waals surface area (Å²) in [6, 6.07) is 11.0. The van der Waals surface area contributed by atoms with E-state index < -0.39 is 11.9 Å². The SMILES string of the molecule is COC(=O)C1=C(C(=O)OC)N(c2ccc(-c3nc(-c4cccnc4)n[nH]3)cc2)C=CC=C1. The van der Waals surface area contributed by atoms with E-state index in [1.54, 1.807) is 47.8 Å². The van der Waals surface area contributed by atoms with E-state index in [1.807, 2.05) is 24.3 Å². The third kappa shape index (κ3) is 4.04. The maximum Gasteiger partial charge on any atom is 0.355 e. The number of ether oxygens (including phenoxy) is 2. The van der Waals surface area contributed by atoms with Gasteiger partial charge in [-0.05, 0) is 48.6 Å². The average molecular weight is 429 g/mol. The molecule has 9 heteroatoms. The molecule has 160 valence electrons. The van der Waals surface area contributed by atoms with Gasteiger partial charge < -0.3 is 14.4 Å². The van der Waals surface area contributed by atoms with Crippen molar-refractivity contribution in [2.24, 2.45) is 0 Å². The van der Waals surface area contributed by atoms with Crippen molar-refractivity contribution >= 4 is 17.6 Å². The van der Waals surface area contributed by atoms with E-state index >= 15 is 0 Å². The van der Waals surface area contributed by atoms with Crippen molar-refractivity contribution < 1.29 is 19.1 Å². The molecule has 0 aliphatic carbocycles. The molecule has 0 fully saturated rings. The van der Waals surface area contributed by atoms with Gasteiger partial charge in [-0.1, -0.05) is 6.08 Å². The number of hydrogen-bond acceptors (Lipinski definition) is 8. The summed E-state index contributed by atoms with van der Waals surface area (Å²) in [6.45, 7) is 0. The van der Waals surface area contributed by atoms with Gasteiger partial charge in [0.15, 0.2) is 11.6 Å². The zero-order chi connectivity index (χ0) is 22.5. The Morgan fingerprint density at radius 1 is 0.969 bits per heavy atom. The van der Waals surface area contributed by atoms with Gasteiger partial charge in [0.2, 0.25) is 0 Å². The molecule has 3 heterocycles. The minimum absolute atomic E-state index is 0.0515. The van der Waals surface area contributed by atoms with E-state index in [4.69, 9.17) is 9.47 Å². The highest BCUT2D eigenvalue weighted by molar-refractivity contribution is 6.05. The van der Waals surface area contributed by atoms with E-state index in [2.05, 4.69) is 20.2 Å². The summed E-state index contributed by atoms with van der Waals surface area (Å²) in [5.41, 5.74) is 2.38. The second-order valence-corrected chi connectivity index (χ2v) is 6.61. The molecular formula is C23H19N5O4. The molecule has 1 N–H and O–H groups in total. The van der Waals surface area contributed by atoms with Crippen LogP contribution in [0.25, 0.3) is 22.8 Å². The number of hydrogen-bond donors (Lipinski definition) is 1. The zero-order valence-electron chi connectivity index (χ0n) is 17.4. The largest absolute Gasteiger partial charge is 0.465 e. The van der Waals surface area contributed by atoms with E-state index in [0.29, 0.717) is 17.3 Å². The Labute approximate surface area is 183 Å². The number of aromatic amines is 1. The lowest BCUT2D eigenvalue weighted by molar-refractivity contribution is -0.139. The highest BCUT2D eigenvalue weighted by Crippen LogP contribution is 2.28. The number of esters is 2. The Hall–Kier alpha value is -4.53. The first kappa shape index (κ1) is 20.7. The fourth-order valence-electron chi connectivity index (χ4n) is 3.16. The molecule has 0 saturated carbocycles. The number of H-pyrrole nitrogens is 1. The number of nitrogens with one attached hydrogen (secondary N) is 1. The van der Waals surface area contributed by atoms with Crippen LogP contribution in [0.2, 0.25) is 0 Å². The number of pyridine rings is 1. The van der Waals surface area contributed by atoms with Gasteiger partial charge in [0.05, 0.1) is 19.8 Å². The normalized spacial score (nSPS) is 13.1. The number of aromatic nitrogens is 4. The van der Waals surface area contributed by atoms with E-state index in [1.165, 1.54) is 20.3 Å². The lowest BCUT2D eigenvalue weighted by Crippen LogP contribution is -2.26. The summed E-state index contributed by atoms with van der Waals surface area (Å²) in [5.74, 6) is -0.182. The Morgan fingerprint density at radius 3 is 2.44 bits per heavy atom. The van der Waals surface area contributed by atoms with E-state index in [0.717, 1.165) is 11.1 Å². The first-order valence-electron chi connectivity index (χ1n) is 9.60. The Balaban J connectivity index is 1.68. The van der Waals surface area contributed by atoms with Gasteiger partial charge in [0.1, 0.15) is 5.70 Å². The van der Waals surface area contributed by atoms with Crippen molar-refractivity contribution in [3.05, 3.63) is 84.5 Å². The molecule has 4 rings (SSSR count). The Kier molecular flexibility index (Phi) is 5.89. The van der Waals surface area contributed by atoms with Gasteiger partial charge >= 0.3 is 11.9 Å². The highest BCUT2D eigenvalue weighted by atomic mass is 16.5. The molecule has 0 unspecified atom stereocenters. The second-order valence-electron chi connectivity index (χ2n) is 6.61. The van der Waals surface area contributed by atoms with Gasteiger partial charge in [-0.2, -0.15) is 5.10 Å². The molecule has 32 heavy (non-hydrogen) atoms. The van der Waals surface area contributed by atoms with Gasteiger partial charge in [-0.3, -0.25) is 10.1 Å². The number of rotatable bonds is 5. The summed E-state index contributed by atoms with van der Waals surface area (Å²) in [5, 5.41) is 7.17. The molecule has 3 aromatic rings. The van der Waals surface area contributed by atoms with Crippen LogP contribution in [0.4, 0.5) is 5.69 Å². The molecule has 0 spiro atoms. The summed E-state index contributed by atoms with van der Waals surface area (Å²) in [6.07, 6.45) is 9.92. The molecule has 0 atom stereocenters. The smallest absolute Gasteiger partial charge is 0.355 e. The number of allylic oxidation sites excluding steroid dienone is 2. The molecule has 0 saturated heterocycles. The molecule has 1 aliphatic heterocycles. The van der Waals surface area contributed by atoms with Crippen LogP contribution in [-0.4, -0.2) is 46.3 Å². The third-order valence-electron chi connectivity index (χ3n) is 4.71. The number of nitrogens with zero attached hydrogens (tertiary/aromatic N) is 4. The van der Waals surface area contributed by atoms with Gasteiger partial charge in [0.25, 0.3) is 0 Å². The van der Waals surface area contributed by atoms with Crippen LogP contribution in [-0.2, 0) is 19.1 Å². The van der Waals surface area contributed by atoms with Gasteiger partial charge in [-0.25, -0.2) is 14.6 Å². The maximum absolute atomic E-state index is 12.5. The molecule has 0 radical (unpaired) electrons. The van der Waals surface area contributed by atoms with Crippen molar-refractivity contribution in [2.75, 3.05) is 19.1 Å². The standard InChI is InChI=1S/C23H19N5O4/c1-31-22(29)18-7-3-4-13-28(19(18)23(30)32-2)17-10-8-15(9-11-17)20-25-21(27-26-20)16-6-5-12-24-14-16/h3-14H,1-2H3,(H,25,26,27).